The van der Waals surface area contributed by atoms with Crippen molar-refractivity contribution in [3.8, 4) is 11.4 Å². The van der Waals surface area contributed by atoms with Crippen molar-refractivity contribution < 1.29 is 18.7 Å². The molecule has 5 rings (SSSR count). The van der Waals surface area contributed by atoms with Gasteiger partial charge in [0.05, 0.1) is 31.5 Å². The van der Waals surface area contributed by atoms with Crippen LogP contribution in [0.4, 0.5) is 4.39 Å². The summed E-state index contributed by atoms with van der Waals surface area (Å²) in [7, 11) is 2.96. The predicted molar refractivity (Wildman–Crippen MR) is 156 cm³/mol. The zero-order valence-corrected chi connectivity index (χ0v) is 25.1. The lowest BCUT2D eigenvalue weighted by molar-refractivity contribution is 0.0945. The highest BCUT2D eigenvalue weighted by Crippen LogP contribution is 2.27. The van der Waals surface area contributed by atoms with Crippen LogP contribution < -0.4 is 10.1 Å². The third-order valence-corrected chi connectivity index (χ3v) is 7.68. The molecule has 0 aliphatic carbocycles. The van der Waals surface area contributed by atoms with E-state index in [2.05, 4.69) is 57.4 Å². The van der Waals surface area contributed by atoms with Crippen LogP contribution in [0.25, 0.3) is 5.69 Å². The van der Waals surface area contributed by atoms with E-state index >= 15 is 4.39 Å². The number of hydrogen-bond donors (Lipinski definition) is 1. The summed E-state index contributed by atoms with van der Waals surface area (Å²) < 4.78 is 29.3. The molecule has 0 spiro atoms. The van der Waals surface area contributed by atoms with Crippen molar-refractivity contribution in [3.63, 3.8) is 0 Å². The lowest BCUT2D eigenvalue weighted by Gasteiger charge is -2.32. The molecule has 42 heavy (non-hydrogen) atoms. The van der Waals surface area contributed by atoms with Gasteiger partial charge >= 0.3 is 0 Å². The number of nitrogens with one attached hydrogen (secondary N) is 1. The van der Waals surface area contributed by atoms with Crippen molar-refractivity contribution >= 4 is 5.91 Å². The van der Waals surface area contributed by atoms with Crippen molar-refractivity contribution in [2.24, 2.45) is 0 Å². The number of amides is 1. The first kappa shape index (κ1) is 29.4. The van der Waals surface area contributed by atoms with Gasteiger partial charge in [0.25, 0.3) is 5.91 Å². The Balaban J connectivity index is 1.37. The highest BCUT2D eigenvalue weighted by molar-refractivity contribution is 5.95. The molecular weight excluding hydrogens is 537 g/mol. The molecule has 1 amide bonds. The van der Waals surface area contributed by atoms with Crippen LogP contribution >= 0.6 is 0 Å². The average molecular weight is 576 g/mol. The van der Waals surface area contributed by atoms with Crippen LogP contribution in [0.15, 0.2) is 36.5 Å². The molecule has 2 aromatic carbocycles. The summed E-state index contributed by atoms with van der Waals surface area (Å²) in [5.74, 6) is 0.288. The van der Waals surface area contributed by atoms with E-state index in [0.29, 0.717) is 41.2 Å². The fourth-order valence-corrected chi connectivity index (χ4v) is 5.46. The number of aryl methyl sites for hydroxylation is 2. The van der Waals surface area contributed by atoms with Crippen LogP contribution in [-0.4, -0.2) is 62.2 Å². The maximum atomic E-state index is 15.5. The third-order valence-electron chi connectivity index (χ3n) is 7.68. The summed E-state index contributed by atoms with van der Waals surface area (Å²) >= 11 is 0. The van der Waals surface area contributed by atoms with Gasteiger partial charge in [-0.25, -0.2) is 14.1 Å². The van der Waals surface area contributed by atoms with Gasteiger partial charge in [0, 0.05) is 44.5 Å². The number of benzene rings is 2. The number of ether oxygens (including phenoxy) is 2. The van der Waals surface area contributed by atoms with Crippen LogP contribution in [0.1, 0.15) is 63.8 Å². The molecule has 222 valence electrons. The van der Waals surface area contributed by atoms with Crippen molar-refractivity contribution in [3.05, 3.63) is 87.5 Å². The molecule has 1 N–H and O–H groups in total. The normalized spacial score (nSPS) is 13.4. The molecular formula is C31H38FN7O3. The number of aromatic nitrogens is 5. The third kappa shape index (κ3) is 6.07. The van der Waals surface area contributed by atoms with Crippen LogP contribution in [-0.2, 0) is 37.4 Å². The molecule has 0 unspecified atom stereocenters. The van der Waals surface area contributed by atoms with Gasteiger partial charge in [-0.3, -0.25) is 14.4 Å². The summed E-state index contributed by atoms with van der Waals surface area (Å²) in [4.78, 5) is 20.2. The molecule has 10 nitrogen and oxygen atoms in total. The lowest BCUT2D eigenvalue weighted by atomic mass is 9.96. The minimum Gasteiger partial charge on any atom is -0.494 e. The molecule has 0 saturated heterocycles. The first-order chi connectivity index (χ1) is 20.2. The molecule has 3 heterocycles. The second-order valence-corrected chi connectivity index (χ2v) is 10.9. The Labute approximate surface area is 245 Å². The molecule has 1 aliphatic rings. The molecule has 4 aromatic rings. The van der Waals surface area contributed by atoms with E-state index in [0.717, 1.165) is 25.1 Å². The molecule has 0 radical (unpaired) electrons. The lowest BCUT2D eigenvalue weighted by Crippen LogP contribution is -2.35. The predicted octanol–water partition coefficient (Wildman–Crippen LogP) is 4.12. The number of fused-ring (bicyclic) bond motifs is 1. The number of carbonyl (C=O) groups is 1. The number of nitrogens with zero attached hydrogens (tertiary/aromatic N) is 6. The zero-order valence-electron chi connectivity index (χ0n) is 25.1. The SMILES string of the molecule is COCc1nn(Cc2ccc3c(c2)CN(C(C)C)CC3)cc1C(=O)NCc1c(-n2nc(C)nc2C)ccc(OC)c1F. The summed E-state index contributed by atoms with van der Waals surface area (Å²) in [5.41, 5.74) is 5.43. The Morgan fingerprint density at radius 1 is 1.12 bits per heavy atom. The van der Waals surface area contributed by atoms with Gasteiger partial charge in [-0.15, -0.1) is 0 Å². The minimum absolute atomic E-state index is 0.0759. The maximum absolute atomic E-state index is 15.5. The van der Waals surface area contributed by atoms with Crippen LogP contribution in [0.2, 0.25) is 0 Å². The van der Waals surface area contributed by atoms with E-state index in [-0.39, 0.29) is 30.4 Å². The van der Waals surface area contributed by atoms with Crippen molar-refractivity contribution in [1.29, 1.82) is 0 Å². The van der Waals surface area contributed by atoms with E-state index in [1.54, 1.807) is 42.6 Å². The highest BCUT2D eigenvalue weighted by Gasteiger charge is 2.22. The Morgan fingerprint density at radius 3 is 2.62 bits per heavy atom. The molecule has 2 aromatic heterocycles. The average Bonchev–Trinajstić information content (AvgIpc) is 3.52. The molecule has 0 atom stereocenters. The first-order valence-electron chi connectivity index (χ1n) is 14.1. The van der Waals surface area contributed by atoms with Gasteiger partial charge in [-0.2, -0.15) is 10.2 Å². The Kier molecular flexibility index (Phi) is 8.69. The van der Waals surface area contributed by atoms with E-state index in [1.807, 2.05) is 0 Å². The van der Waals surface area contributed by atoms with E-state index in [1.165, 1.54) is 24.3 Å². The molecule has 0 saturated carbocycles. The molecule has 0 bridgehead atoms. The van der Waals surface area contributed by atoms with Crippen LogP contribution in [0, 0.1) is 19.7 Å². The van der Waals surface area contributed by atoms with Crippen LogP contribution in [0.3, 0.4) is 0 Å². The monoisotopic (exact) mass is 575 g/mol. The van der Waals surface area contributed by atoms with Gasteiger partial charge in [-0.05, 0) is 62.9 Å². The van der Waals surface area contributed by atoms with E-state index in [4.69, 9.17) is 9.47 Å². The number of rotatable bonds is 10. The number of carbonyl (C=O) groups excluding carboxylic acids is 1. The zero-order chi connectivity index (χ0) is 30.0. The summed E-state index contributed by atoms with van der Waals surface area (Å²) in [6, 6.07) is 10.3. The second-order valence-electron chi connectivity index (χ2n) is 10.9. The first-order valence-corrected chi connectivity index (χ1v) is 14.1. The summed E-state index contributed by atoms with van der Waals surface area (Å²) in [6.07, 6.45) is 2.76. The largest absolute Gasteiger partial charge is 0.494 e. The fraction of sp³-hybridized carbons (Fsp3) is 0.419. The second kappa shape index (κ2) is 12.4. The Bertz CT molecular complexity index is 1590. The van der Waals surface area contributed by atoms with Crippen molar-refractivity contribution in [2.75, 3.05) is 20.8 Å². The highest BCUT2D eigenvalue weighted by atomic mass is 19.1. The van der Waals surface area contributed by atoms with Gasteiger partial charge in [-0.1, -0.05) is 18.2 Å². The van der Waals surface area contributed by atoms with E-state index < -0.39 is 5.82 Å². The standard InChI is InChI=1S/C31H38FN7O3/c1-19(2)37-12-11-23-8-7-22(13-24(23)16-37)15-38-17-26(27(36-38)18-41-5)31(40)33-14-25-28(9-10-29(42-6)30(25)32)39-21(4)34-20(3)35-39/h7-10,13,17,19H,11-12,14-16,18H2,1-6H3,(H,33,40). The van der Waals surface area contributed by atoms with Gasteiger partial charge in [0.1, 0.15) is 17.3 Å². The number of hydrogen-bond acceptors (Lipinski definition) is 7. The van der Waals surface area contributed by atoms with E-state index in [9.17, 15) is 4.79 Å². The Morgan fingerprint density at radius 2 is 1.93 bits per heavy atom. The quantitative estimate of drug-likeness (QED) is 0.304. The smallest absolute Gasteiger partial charge is 0.255 e. The topological polar surface area (TPSA) is 99.3 Å². The van der Waals surface area contributed by atoms with Crippen LogP contribution in [0.5, 0.6) is 5.75 Å². The van der Waals surface area contributed by atoms with Gasteiger partial charge < -0.3 is 14.8 Å². The van der Waals surface area contributed by atoms with Crippen molar-refractivity contribution in [1.82, 2.24) is 34.8 Å². The molecule has 0 fully saturated rings. The summed E-state index contributed by atoms with van der Waals surface area (Å²) in [6.45, 7) is 10.6. The number of halogens is 1. The number of methoxy groups -OCH3 is 2. The van der Waals surface area contributed by atoms with Gasteiger partial charge in [0.2, 0.25) is 0 Å². The maximum Gasteiger partial charge on any atom is 0.255 e. The molecule has 11 heteroatoms. The fourth-order valence-electron chi connectivity index (χ4n) is 5.46. The summed E-state index contributed by atoms with van der Waals surface area (Å²) in [5, 5.41) is 11.9. The van der Waals surface area contributed by atoms with Crippen molar-refractivity contribution in [2.45, 2.75) is 66.4 Å². The van der Waals surface area contributed by atoms with Gasteiger partial charge in [0.15, 0.2) is 11.6 Å². The minimum atomic E-state index is -0.570. The Hall–Kier alpha value is -4.09. The molecule has 1 aliphatic heterocycles.